The van der Waals surface area contributed by atoms with Crippen LogP contribution in [0, 0.1) is 5.92 Å². The van der Waals surface area contributed by atoms with E-state index in [1.54, 1.807) is 17.2 Å². The molecule has 0 spiro atoms. The van der Waals surface area contributed by atoms with Crippen molar-refractivity contribution in [2.45, 2.75) is 12.8 Å². The third-order valence-electron chi connectivity index (χ3n) is 4.78. The van der Waals surface area contributed by atoms with E-state index < -0.39 is 0 Å². The third-order valence-corrected chi connectivity index (χ3v) is 4.78. The molecule has 0 bridgehead atoms. The predicted molar refractivity (Wildman–Crippen MR) is 97.7 cm³/mol. The van der Waals surface area contributed by atoms with Crippen LogP contribution in [-0.4, -0.2) is 43.6 Å². The van der Waals surface area contributed by atoms with E-state index >= 15 is 0 Å². The highest BCUT2D eigenvalue weighted by molar-refractivity contribution is 5.98. The first-order chi connectivity index (χ1) is 12.7. The molecule has 2 N–H and O–H groups in total. The van der Waals surface area contributed by atoms with Gasteiger partial charge in [-0.3, -0.25) is 9.36 Å². The minimum Gasteiger partial charge on any atom is -0.384 e. The van der Waals surface area contributed by atoms with Gasteiger partial charge in [-0.05, 0) is 42.5 Å². The smallest absolute Gasteiger partial charge is 0.255 e. The van der Waals surface area contributed by atoms with Gasteiger partial charge in [0.2, 0.25) is 0 Å². The molecule has 4 rings (SSSR count). The standard InChI is InChI=1S/C19H20N6O/c20-18-6-5-14(10-21-18)9-15-7-8-24(11-15)19(26)16-3-1-2-4-17(16)25-12-22-23-13-25/h1-6,10,12-13,15H,7-9,11H2,(H2,20,21). The third kappa shape index (κ3) is 3.28. The summed E-state index contributed by atoms with van der Waals surface area (Å²) in [5.74, 6) is 1.02. The molecule has 0 saturated carbocycles. The summed E-state index contributed by atoms with van der Waals surface area (Å²) in [7, 11) is 0. The number of amides is 1. The number of nitrogens with two attached hydrogens (primary N) is 1. The van der Waals surface area contributed by atoms with Crippen LogP contribution in [0.5, 0.6) is 0 Å². The highest BCUT2D eigenvalue weighted by Gasteiger charge is 2.28. The summed E-state index contributed by atoms with van der Waals surface area (Å²) in [6.45, 7) is 1.52. The summed E-state index contributed by atoms with van der Waals surface area (Å²) in [6, 6.07) is 11.4. The topological polar surface area (TPSA) is 89.9 Å². The van der Waals surface area contributed by atoms with Gasteiger partial charge in [-0.2, -0.15) is 0 Å². The highest BCUT2D eigenvalue weighted by atomic mass is 16.2. The van der Waals surface area contributed by atoms with Crippen molar-refractivity contribution in [3.05, 3.63) is 66.4 Å². The van der Waals surface area contributed by atoms with Crippen molar-refractivity contribution in [2.24, 2.45) is 5.92 Å². The van der Waals surface area contributed by atoms with E-state index in [1.807, 2.05) is 47.5 Å². The summed E-state index contributed by atoms with van der Waals surface area (Å²) >= 11 is 0. The van der Waals surface area contributed by atoms with E-state index in [1.165, 1.54) is 0 Å². The van der Waals surface area contributed by atoms with E-state index in [2.05, 4.69) is 15.2 Å². The molecule has 7 heteroatoms. The van der Waals surface area contributed by atoms with Crippen LogP contribution in [0.2, 0.25) is 0 Å². The number of rotatable bonds is 4. The van der Waals surface area contributed by atoms with E-state index in [-0.39, 0.29) is 5.91 Å². The Labute approximate surface area is 151 Å². The lowest BCUT2D eigenvalue weighted by atomic mass is 10.00. The first kappa shape index (κ1) is 16.3. The van der Waals surface area contributed by atoms with Crippen LogP contribution in [0.25, 0.3) is 5.69 Å². The van der Waals surface area contributed by atoms with Gasteiger partial charge in [-0.1, -0.05) is 18.2 Å². The zero-order valence-electron chi connectivity index (χ0n) is 14.3. The molecule has 1 aromatic carbocycles. The number of likely N-dealkylation sites (tertiary alicyclic amines) is 1. The SMILES string of the molecule is Nc1ccc(CC2CCN(C(=O)c3ccccc3-n3cnnc3)C2)cn1. The van der Waals surface area contributed by atoms with Crippen LogP contribution in [0.15, 0.2) is 55.2 Å². The number of hydrogen-bond donors (Lipinski definition) is 1. The van der Waals surface area contributed by atoms with Crippen LogP contribution in [0.1, 0.15) is 22.3 Å². The van der Waals surface area contributed by atoms with Crippen molar-refractivity contribution in [3.63, 3.8) is 0 Å². The fourth-order valence-corrected chi connectivity index (χ4v) is 3.45. The van der Waals surface area contributed by atoms with E-state index in [4.69, 9.17) is 5.73 Å². The number of carbonyl (C=O) groups excluding carboxylic acids is 1. The molecule has 132 valence electrons. The van der Waals surface area contributed by atoms with Gasteiger partial charge < -0.3 is 10.6 Å². The average Bonchev–Trinajstić information content (AvgIpc) is 3.35. The lowest BCUT2D eigenvalue weighted by Gasteiger charge is -2.18. The Morgan fingerprint density at radius 1 is 1.15 bits per heavy atom. The molecule has 1 aliphatic heterocycles. The van der Waals surface area contributed by atoms with Crippen molar-refractivity contribution in [2.75, 3.05) is 18.8 Å². The van der Waals surface area contributed by atoms with Gasteiger partial charge in [0.1, 0.15) is 18.5 Å². The van der Waals surface area contributed by atoms with Crippen LogP contribution < -0.4 is 5.73 Å². The Balaban J connectivity index is 1.48. The van der Waals surface area contributed by atoms with E-state index in [9.17, 15) is 4.79 Å². The Morgan fingerprint density at radius 2 is 1.96 bits per heavy atom. The minimum atomic E-state index is 0.0484. The lowest BCUT2D eigenvalue weighted by molar-refractivity contribution is 0.0787. The van der Waals surface area contributed by atoms with Gasteiger partial charge in [0, 0.05) is 19.3 Å². The molecule has 0 radical (unpaired) electrons. The second-order valence-corrected chi connectivity index (χ2v) is 6.59. The second kappa shape index (κ2) is 6.95. The number of carbonyl (C=O) groups is 1. The summed E-state index contributed by atoms with van der Waals surface area (Å²) in [5.41, 5.74) is 8.26. The van der Waals surface area contributed by atoms with Gasteiger partial charge in [0.05, 0.1) is 11.3 Å². The number of benzene rings is 1. The first-order valence-corrected chi connectivity index (χ1v) is 8.64. The van der Waals surface area contributed by atoms with E-state index in [0.717, 1.165) is 37.2 Å². The maximum atomic E-state index is 13.0. The van der Waals surface area contributed by atoms with Gasteiger partial charge >= 0.3 is 0 Å². The molecule has 1 unspecified atom stereocenters. The predicted octanol–water partition coefficient (Wildman–Crippen LogP) is 1.95. The number of aromatic nitrogens is 4. The molecule has 26 heavy (non-hydrogen) atoms. The molecule has 1 amide bonds. The van der Waals surface area contributed by atoms with Gasteiger partial charge in [-0.25, -0.2) is 4.98 Å². The number of para-hydroxylation sites is 1. The summed E-state index contributed by atoms with van der Waals surface area (Å²) < 4.78 is 1.76. The summed E-state index contributed by atoms with van der Waals surface area (Å²) in [4.78, 5) is 19.1. The highest BCUT2D eigenvalue weighted by Crippen LogP contribution is 2.24. The molecule has 1 aliphatic rings. The zero-order valence-corrected chi connectivity index (χ0v) is 14.3. The maximum absolute atomic E-state index is 13.0. The quantitative estimate of drug-likeness (QED) is 0.778. The molecule has 1 atom stereocenters. The van der Waals surface area contributed by atoms with Crippen molar-refractivity contribution in [3.8, 4) is 5.69 Å². The first-order valence-electron chi connectivity index (χ1n) is 8.64. The van der Waals surface area contributed by atoms with Crippen LogP contribution in [0.3, 0.4) is 0 Å². The molecule has 0 aliphatic carbocycles. The van der Waals surface area contributed by atoms with Gasteiger partial charge in [-0.15, -0.1) is 10.2 Å². The molecule has 1 saturated heterocycles. The van der Waals surface area contributed by atoms with Crippen molar-refractivity contribution < 1.29 is 4.79 Å². The zero-order chi connectivity index (χ0) is 17.9. The second-order valence-electron chi connectivity index (χ2n) is 6.59. The average molecular weight is 348 g/mol. The molecule has 3 aromatic rings. The van der Waals surface area contributed by atoms with Crippen LogP contribution in [-0.2, 0) is 6.42 Å². The lowest BCUT2D eigenvalue weighted by Crippen LogP contribution is -2.29. The molecule has 3 heterocycles. The van der Waals surface area contributed by atoms with Crippen molar-refractivity contribution >= 4 is 11.7 Å². The number of anilines is 1. The van der Waals surface area contributed by atoms with Gasteiger partial charge in [0.25, 0.3) is 5.91 Å². The number of nitrogens with zero attached hydrogens (tertiary/aromatic N) is 5. The monoisotopic (exact) mass is 348 g/mol. The summed E-state index contributed by atoms with van der Waals surface area (Å²) in [5, 5.41) is 7.67. The molecular weight excluding hydrogens is 328 g/mol. The molecular formula is C19H20N6O. The van der Waals surface area contributed by atoms with E-state index in [0.29, 0.717) is 17.3 Å². The Bertz CT molecular complexity index is 891. The normalized spacial score (nSPS) is 16.8. The van der Waals surface area contributed by atoms with Gasteiger partial charge in [0.15, 0.2) is 0 Å². The fourth-order valence-electron chi connectivity index (χ4n) is 3.45. The Kier molecular flexibility index (Phi) is 4.35. The minimum absolute atomic E-state index is 0.0484. The van der Waals surface area contributed by atoms with Crippen LogP contribution in [0.4, 0.5) is 5.82 Å². The Morgan fingerprint density at radius 3 is 2.73 bits per heavy atom. The molecule has 1 fully saturated rings. The molecule has 2 aromatic heterocycles. The van der Waals surface area contributed by atoms with Crippen molar-refractivity contribution in [1.82, 2.24) is 24.6 Å². The number of nitrogen functional groups attached to an aromatic ring is 1. The number of hydrogen-bond acceptors (Lipinski definition) is 5. The summed E-state index contributed by atoms with van der Waals surface area (Å²) in [6.07, 6.45) is 6.93. The number of pyridine rings is 1. The fraction of sp³-hybridized carbons (Fsp3) is 0.263. The maximum Gasteiger partial charge on any atom is 0.255 e. The molecule has 7 nitrogen and oxygen atoms in total. The van der Waals surface area contributed by atoms with Crippen molar-refractivity contribution in [1.29, 1.82) is 0 Å². The van der Waals surface area contributed by atoms with Crippen LogP contribution >= 0.6 is 0 Å². The Hall–Kier alpha value is -3.22. The largest absolute Gasteiger partial charge is 0.384 e.